The lowest BCUT2D eigenvalue weighted by atomic mass is 9.95. The summed E-state index contributed by atoms with van der Waals surface area (Å²) >= 11 is 3.51. The zero-order valence-corrected chi connectivity index (χ0v) is 12.0. The molecule has 0 bridgehead atoms. The van der Waals surface area contributed by atoms with Crippen LogP contribution in [-0.2, 0) is 6.42 Å². The number of halogens is 1. The van der Waals surface area contributed by atoms with Crippen LogP contribution in [0.5, 0.6) is 5.75 Å². The molecule has 0 aliphatic carbocycles. The summed E-state index contributed by atoms with van der Waals surface area (Å²) in [4.78, 5) is 0. The summed E-state index contributed by atoms with van der Waals surface area (Å²) < 4.78 is 6.24. The van der Waals surface area contributed by atoms with Gasteiger partial charge in [-0.15, -0.1) is 0 Å². The van der Waals surface area contributed by atoms with Crippen LogP contribution in [0.4, 0.5) is 0 Å². The van der Waals surface area contributed by atoms with E-state index in [-0.39, 0.29) is 0 Å². The molecule has 1 rings (SSSR count). The Labute approximate surface area is 107 Å². The van der Waals surface area contributed by atoms with Gasteiger partial charge < -0.3 is 10.1 Å². The van der Waals surface area contributed by atoms with Gasteiger partial charge in [0.15, 0.2) is 0 Å². The number of nitrogens with one attached hydrogen (secondary N) is 1. The molecule has 2 unspecified atom stereocenters. The van der Waals surface area contributed by atoms with Crippen LogP contribution in [-0.4, -0.2) is 20.2 Å². The van der Waals surface area contributed by atoms with Gasteiger partial charge in [0.2, 0.25) is 0 Å². The van der Waals surface area contributed by atoms with E-state index in [2.05, 4.69) is 47.2 Å². The summed E-state index contributed by atoms with van der Waals surface area (Å²) in [5.41, 5.74) is 1.34. The largest absolute Gasteiger partial charge is 0.496 e. The SMILES string of the molecule is CNC(C)C(C)Cc1ccc(OC)c(Br)c1. The van der Waals surface area contributed by atoms with Gasteiger partial charge in [-0.3, -0.25) is 0 Å². The van der Waals surface area contributed by atoms with Crippen molar-refractivity contribution in [3.8, 4) is 5.75 Å². The van der Waals surface area contributed by atoms with Crippen molar-refractivity contribution in [3.63, 3.8) is 0 Å². The maximum atomic E-state index is 5.21. The summed E-state index contributed by atoms with van der Waals surface area (Å²) in [6.07, 6.45) is 1.07. The fraction of sp³-hybridized carbons (Fsp3) is 0.538. The molecule has 0 aliphatic heterocycles. The van der Waals surface area contributed by atoms with Crippen LogP contribution < -0.4 is 10.1 Å². The Morgan fingerprint density at radius 2 is 2.06 bits per heavy atom. The van der Waals surface area contributed by atoms with E-state index in [1.165, 1.54) is 5.56 Å². The molecule has 0 saturated carbocycles. The molecular weight excluding hydrogens is 266 g/mol. The molecule has 2 atom stereocenters. The monoisotopic (exact) mass is 285 g/mol. The second-order valence-corrected chi connectivity index (χ2v) is 5.08. The second-order valence-electron chi connectivity index (χ2n) is 4.23. The number of rotatable bonds is 5. The van der Waals surface area contributed by atoms with Gasteiger partial charge >= 0.3 is 0 Å². The zero-order valence-electron chi connectivity index (χ0n) is 10.4. The average molecular weight is 286 g/mol. The predicted octanol–water partition coefficient (Wildman–Crippen LogP) is 3.24. The predicted molar refractivity (Wildman–Crippen MR) is 72.1 cm³/mol. The third kappa shape index (κ3) is 3.49. The van der Waals surface area contributed by atoms with E-state index in [4.69, 9.17) is 4.74 Å². The molecule has 2 nitrogen and oxygen atoms in total. The molecule has 0 aliphatic rings. The van der Waals surface area contributed by atoms with Crippen LogP contribution in [0.25, 0.3) is 0 Å². The molecule has 0 radical (unpaired) electrons. The van der Waals surface area contributed by atoms with Crippen molar-refractivity contribution in [2.24, 2.45) is 5.92 Å². The van der Waals surface area contributed by atoms with Crippen molar-refractivity contribution < 1.29 is 4.74 Å². The van der Waals surface area contributed by atoms with E-state index < -0.39 is 0 Å². The molecule has 0 amide bonds. The molecule has 0 aromatic heterocycles. The van der Waals surface area contributed by atoms with E-state index in [1.54, 1.807) is 7.11 Å². The Morgan fingerprint density at radius 3 is 2.56 bits per heavy atom. The van der Waals surface area contributed by atoms with Crippen molar-refractivity contribution in [1.82, 2.24) is 5.32 Å². The van der Waals surface area contributed by atoms with Crippen LogP contribution in [0, 0.1) is 5.92 Å². The Kier molecular flexibility index (Phi) is 5.29. The maximum absolute atomic E-state index is 5.21. The normalized spacial score (nSPS) is 14.6. The minimum atomic E-state index is 0.529. The first kappa shape index (κ1) is 13.5. The lowest BCUT2D eigenvalue weighted by Crippen LogP contribution is -2.29. The smallest absolute Gasteiger partial charge is 0.133 e. The van der Waals surface area contributed by atoms with Crippen LogP contribution in [0.3, 0.4) is 0 Å². The van der Waals surface area contributed by atoms with Gasteiger partial charge in [-0.1, -0.05) is 13.0 Å². The molecule has 16 heavy (non-hydrogen) atoms. The van der Waals surface area contributed by atoms with E-state index in [9.17, 15) is 0 Å². The molecule has 0 saturated heterocycles. The quantitative estimate of drug-likeness (QED) is 0.897. The van der Waals surface area contributed by atoms with E-state index in [0.717, 1.165) is 16.6 Å². The van der Waals surface area contributed by atoms with Crippen molar-refractivity contribution in [2.45, 2.75) is 26.3 Å². The van der Waals surface area contributed by atoms with Gasteiger partial charge in [0, 0.05) is 6.04 Å². The highest BCUT2D eigenvalue weighted by molar-refractivity contribution is 9.10. The molecule has 1 aromatic rings. The Bertz CT molecular complexity index is 341. The molecule has 0 heterocycles. The third-order valence-electron chi connectivity index (χ3n) is 3.08. The highest BCUT2D eigenvalue weighted by atomic mass is 79.9. The minimum Gasteiger partial charge on any atom is -0.496 e. The van der Waals surface area contributed by atoms with Crippen molar-refractivity contribution >= 4 is 15.9 Å². The summed E-state index contributed by atoms with van der Waals surface area (Å²) in [7, 11) is 3.69. The van der Waals surface area contributed by atoms with Gasteiger partial charge in [0.05, 0.1) is 11.6 Å². The maximum Gasteiger partial charge on any atom is 0.133 e. The molecular formula is C13H20BrNO. The summed E-state index contributed by atoms with van der Waals surface area (Å²) in [5.74, 6) is 1.50. The second kappa shape index (κ2) is 6.26. The Morgan fingerprint density at radius 1 is 1.38 bits per heavy atom. The van der Waals surface area contributed by atoms with Gasteiger partial charge in [-0.05, 0) is 59.9 Å². The summed E-state index contributed by atoms with van der Waals surface area (Å²) in [6, 6.07) is 6.80. The molecule has 1 aromatic carbocycles. The van der Waals surface area contributed by atoms with Crippen LogP contribution >= 0.6 is 15.9 Å². The minimum absolute atomic E-state index is 0.529. The number of benzene rings is 1. The molecule has 90 valence electrons. The molecule has 3 heteroatoms. The van der Waals surface area contributed by atoms with Crippen molar-refractivity contribution in [1.29, 1.82) is 0 Å². The van der Waals surface area contributed by atoms with Crippen molar-refractivity contribution in [3.05, 3.63) is 28.2 Å². The lowest BCUT2D eigenvalue weighted by Gasteiger charge is -2.19. The highest BCUT2D eigenvalue weighted by Crippen LogP contribution is 2.26. The molecule has 0 fully saturated rings. The number of ether oxygens (including phenoxy) is 1. The fourth-order valence-corrected chi connectivity index (χ4v) is 2.26. The van der Waals surface area contributed by atoms with E-state index >= 15 is 0 Å². The topological polar surface area (TPSA) is 21.3 Å². The average Bonchev–Trinajstić information content (AvgIpc) is 2.28. The standard InChI is InChI=1S/C13H20BrNO/c1-9(10(2)15-3)7-11-5-6-13(16-4)12(14)8-11/h5-6,8-10,15H,7H2,1-4H3. The molecule has 1 N–H and O–H groups in total. The van der Waals surface area contributed by atoms with E-state index in [1.807, 2.05) is 13.1 Å². The number of hydrogen-bond donors (Lipinski definition) is 1. The van der Waals surface area contributed by atoms with Gasteiger partial charge in [-0.2, -0.15) is 0 Å². The first-order chi connectivity index (χ1) is 7.58. The number of methoxy groups -OCH3 is 1. The van der Waals surface area contributed by atoms with Gasteiger partial charge in [0.1, 0.15) is 5.75 Å². The summed E-state index contributed by atoms with van der Waals surface area (Å²) in [5, 5.41) is 3.29. The zero-order chi connectivity index (χ0) is 12.1. The summed E-state index contributed by atoms with van der Waals surface area (Å²) in [6.45, 7) is 4.47. The van der Waals surface area contributed by atoms with Gasteiger partial charge in [0.25, 0.3) is 0 Å². The van der Waals surface area contributed by atoms with E-state index in [0.29, 0.717) is 12.0 Å². The van der Waals surface area contributed by atoms with Gasteiger partial charge in [-0.25, -0.2) is 0 Å². The van der Waals surface area contributed by atoms with Crippen LogP contribution in [0.15, 0.2) is 22.7 Å². The third-order valence-corrected chi connectivity index (χ3v) is 3.70. The van der Waals surface area contributed by atoms with Crippen molar-refractivity contribution in [2.75, 3.05) is 14.2 Å². The lowest BCUT2D eigenvalue weighted by molar-refractivity contribution is 0.410. The number of hydrogen-bond acceptors (Lipinski definition) is 2. The van der Waals surface area contributed by atoms with Crippen LogP contribution in [0.2, 0.25) is 0 Å². The van der Waals surface area contributed by atoms with Crippen LogP contribution in [0.1, 0.15) is 19.4 Å². The fourth-order valence-electron chi connectivity index (χ4n) is 1.67. The highest BCUT2D eigenvalue weighted by Gasteiger charge is 2.11. The molecule has 0 spiro atoms. The first-order valence-electron chi connectivity index (χ1n) is 5.58. The Hall–Kier alpha value is -0.540. The Balaban J connectivity index is 2.71. The first-order valence-corrected chi connectivity index (χ1v) is 6.37.